The number of hydrogen-bond acceptors (Lipinski definition) is 5. The first kappa shape index (κ1) is 15.4. The molecule has 0 spiro atoms. The maximum absolute atomic E-state index is 11.4. The molecule has 0 amide bonds. The minimum Gasteiger partial charge on any atom is -0.477 e. The fourth-order valence-electron chi connectivity index (χ4n) is 2.62. The Bertz CT molecular complexity index is 539. The third-order valence-electron chi connectivity index (χ3n) is 3.85. The quantitative estimate of drug-likeness (QED) is 0.653. The molecular weight excluding hydrogens is 274 g/mol. The van der Waals surface area contributed by atoms with Crippen LogP contribution in [0.1, 0.15) is 22.8 Å². The van der Waals surface area contributed by atoms with Gasteiger partial charge in [-0.3, -0.25) is 15.0 Å². The second-order valence-corrected chi connectivity index (χ2v) is 5.08. The summed E-state index contributed by atoms with van der Waals surface area (Å²) in [6.45, 7) is 7.11. The van der Waals surface area contributed by atoms with Crippen molar-refractivity contribution >= 4 is 11.7 Å². The molecule has 0 saturated carbocycles. The lowest BCUT2D eigenvalue weighted by Crippen LogP contribution is -2.45. The zero-order valence-electron chi connectivity index (χ0n) is 12.0. The number of benzene rings is 1. The van der Waals surface area contributed by atoms with Gasteiger partial charge in [-0.25, -0.2) is 4.79 Å². The second-order valence-electron chi connectivity index (χ2n) is 5.08. The first-order valence-corrected chi connectivity index (χ1v) is 6.97. The van der Waals surface area contributed by atoms with E-state index in [-0.39, 0.29) is 11.3 Å². The maximum Gasteiger partial charge on any atom is 0.343 e. The molecule has 1 aliphatic heterocycles. The van der Waals surface area contributed by atoms with E-state index in [1.54, 1.807) is 12.1 Å². The summed E-state index contributed by atoms with van der Waals surface area (Å²) in [6.07, 6.45) is 0. The van der Waals surface area contributed by atoms with Crippen LogP contribution >= 0.6 is 0 Å². The summed E-state index contributed by atoms with van der Waals surface area (Å²) in [5.74, 6) is -1.25. The number of rotatable bonds is 5. The number of nitrogens with zero attached hydrogens (tertiary/aromatic N) is 3. The Hall–Kier alpha value is -1.99. The minimum absolute atomic E-state index is 0.194. The van der Waals surface area contributed by atoms with Gasteiger partial charge in [0.1, 0.15) is 5.56 Å². The summed E-state index contributed by atoms with van der Waals surface area (Å²) in [6, 6.07) is 4.44. The molecule has 1 heterocycles. The van der Waals surface area contributed by atoms with Gasteiger partial charge < -0.3 is 10.0 Å². The number of nitro benzene ring substituents is 1. The summed E-state index contributed by atoms with van der Waals surface area (Å²) >= 11 is 0. The first-order valence-electron chi connectivity index (χ1n) is 6.97. The Morgan fingerprint density at radius 3 is 2.43 bits per heavy atom. The number of carbonyl (C=O) groups is 1. The highest BCUT2D eigenvalue weighted by Gasteiger charge is 2.25. The molecule has 21 heavy (non-hydrogen) atoms. The van der Waals surface area contributed by atoms with Crippen LogP contribution in [0.15, 0.2) is 18.2 Å². The number of nitro groups is 1. The highest BCUT2D eigenvalue weighted by Crippen LogP contribution is 2.24. The van der Waals surface area contributed by atoms with E-state index in [2.05, 4.69) is 16.7 Å². The SMILES string of the molecule is CCN1CCN(Cc2cccc([N+](=O)[O-])c2C(=O)O)CC1. The molecule has 0 aromatic heterocycles. The van der Waals surface area contributed by atoms with Gasteiger partial charge in [0.2, 0.25) is 0 Å². The zero-order valence-corrected chi connectivity index (χ0v) is 12.0. The minimum atomic E-state index is -1.25. The number of likely N-dealkylation sites (N-methyl/N-ethyl adjacent to an activating group) is 1. The molecule has 0 unspecified atom stereocenters. The molecule has 2 rings (SSSR count). The van der Waals surface area contributed by atoms with E-state index >= 15 is 0 Å². The second kappa shape index (κ2) is 6.64. The fraction of sp³-hybridized carbons (Fsp3) is 0.500. The van der Waals surface area contributed by atoms with Crippen molar-refractivity contribution in [2.45, 2.75) is 13.5 Å². The van der Waals surface area contributed by atoms with Gasteiger partial charge >= 0.3 is 5.97 Å². The number of carboxylic acid groups (broad SMARTS) is 1. The molecule has 1 N–H and O–H groups in total. The molecule has 7 nitrogen and oxygen atoms in total. The molecule has 114 valence electrons. The number of aromatic carboxylic acids is 1. The Balaban J connectivity index is 2.19. The van der Waals surface area contributed by atoms with Crippen LogP contribution in [0, 0.1) is 10.1 Å². The predicted octanol–water partition coefficient (Wildman–Crippen LogP) is 1.43. The van der Waals surface area contributed by atoms with Gasteiger partial charge in [0.15, 0.2) is 0 Å². The third kappa shape index (κ3) is 3.56. The number of hydrogen-bond donors (Lipinski definition) is 1. The highest BCUT2D eigenvalue weighted by atomic mass is 16.6. The van der Waals surface area contributed by atoms with Gasteiger partial charge in [-0.05, 0) is 12.1 Å². The van der Waals surface area contributed by atoms with E-state index in [0.29, 0.717) is 12.1 Å². The van der Waals surface area contributed by atoms with Crippen molar-refractivity contribution in [3.05, 3.63) is 39.4 Å². The van der Waals surface area contributed by atoms with Crippen molar-refractivity contribution in [2.75, 3.05) is 32.7 Å². The summed E-state index contributed by atoms with van der Waals surface area (Å²) in [7, 11) is 0. The Morgan fingerprint density at radius 1 is 1.29 bits per heavy atom. The monoisotopic (exact) mass is 293 g/mol. The molecule has 1 aromatic rings. The molecule has 1 aliphatic rings. The summed E-state index contributed by atoms with van der Waals surface area (Å²) in [5.41, 5.74) is -0.0331. The van der Waals surface area contributed by atoms with Crippen LogP contribution in [0.3, 0.4) is 0 Å². The smallest absolute Gasteiger partial charge is 0.343 e. The number of carboxylic acids is 1. The summed E-state index contributed by atoms with van der Waals surface area (Å²) < 4.78 is 0. The average molecular weight is 293 g/mol. The fourth-order valence-corrected chi connectivity index (χ4v) is 2.62. The molecule has 7 heteroatoms. The van der Waals surface area contributed by atoms with Crippen molar-refractivity contribution in [2.24, 2.45) is 0 Å². The molecule has 1 aromatic carbocycles. The van der Waals surface area contributed by atoms with Crippen LogP contribution in [0.4, 0.5) is 5.69 Å². The van der Waals surface area contributed by atoms with Crippen LogP contribution in [-0.4, -0.2) is 58.5 Å². The third-order valence-corrected chi connectivity index (χ3v) is 3.85. The standard InChI is InChI=1S/C14H19N3O4/c1-2-15-6-8-16(9-7-15)10-11-4-3-5-12(17(20)21)13(11)14(18)19/h3-5H,2,6-10H2,1H3,(H,18,19). The van der Waals surface area contributed by atoms with Crippen molar-refractivity contribution in [3.63, 3.8) is 0 Å². The van der Waals surface area contributed by atoms with E-state index in [1.807, 2.05) is 0 Å². The lowest BCUT2D eigenvalue weighted by atomic mass is 10.0. The maximum atomic E-state index is 11.4. The normalized spacial score (nSPS) is 16.8. The first-order chi connectivity index (χ1) is 10.0. The van der Waals surface area contributed by atoms with Crippen LogP contribution in [0.5, 0.6) is 0 Å². The van der Waals surface area contributed by atoms with Gasteiger partial charge in [-0.2, -0.15) is 0 Å². The van der Waals surface area contributed by atoms with Crippen molar-refractivity contribution < 1.29 is 14.8 Å². The Kier molecular flexibility index (Phi) is 4.87. The largest absolute Gasteiger partial charge is 0.477 e. The van der Waals surface area contributed by atoms with Crippen LogP contribution in [-0.2, 0) is 6.54 Å². The van der Waals surface area contributed by atoms with Gasteiger partial charge in [0.25, 0.3) is 5.69 Å². The van der Waals surface area contributed by atoms with Gasteiger partial charge in [-0.1, -0.05) is 19.1 Å². The molecule has 1 fully saturated rings. The van der Waals surface area contributed by atoms with Gasteiger partial charge in [-0.15, -0.1) is 0 Å². The van der Waals surface area contributed by atoms with Crippen LogP contribution < -0.4 is 0 Å². The van der Waals surface area contributed by atoms with Crippen molar-refractivity contribution in [1.82, 2.24) is 9.80 Å². The van der Waals surface area contributed by atoms with Crippen molar-refractivity contribution in [3.8, 4) is 0 Å². The molecule has 0 aliphatic carbocycles. The van der Waals surface area contributed by atoms with Gasteiger partial charge in [0.05, 0.1) is 4.92 Å². The summed E-state index contributed by atoms with van der Waals surface area (Å²) in [5, 5.41) is 20.2. The predicted molar refractivity (Wildman–Crippen MR) is 77.4 cm³/mol. The topological polar surface area (TPSA) is 86.9 Å². The van der Waals surface area contributed by atoms with E-state index in [4.69, 9.17) is 0 Å². The molecular formula is C14H19N3O4. The summed E-state index contributed by atoms with van der Waals surface area (Å²) in [4.78, 5) is 26.2. The highest BCUT2D eigenvalue weighted by molar-refractivity contribution is 5.94. The Labute approximate surface area is 122 Å². The molecule has 0 bridgehead atoms. The van der Waals surface area contributed by atoms with Crippen LogP contribution in [0.2, 0.25) is 0 Å². The average Bonchev–Trinajstić information content (AvgIpc) is 2.47. The van der Waals surface area contributed by atoms with E-state index in [0.717, 1.165) is 32.7 Å². The van der Waals surface area contributed by atoms with E-state index in [1.165, 1.54) is 6.07 Å². The lowest BCUT2D eigenvalue weighted by Gasteiger charge is -2.34. The Morgan fingerprint density at radius 2 is 1.90 bits per heavy atom. The van der Waals surface area contributed by atoms with E-state index < -0.39 is 10.9 Å². The lowest BCUT2D eigenvalue weighted by molar-refractivity contribution is -0.385. The molecule has 0 atom stereocenters. The number of piperazine rings is 1. The van der Waals surface area contributed by atoms with Gasteiger partial charge in [0, 0.05) is 38.8 Å². The zero-order chi connectivity index (χ0) is 15.4. The molecule has 1 saturated heterocycles. The van der Waals surface area contributed by atoms with Crippen molar-refractivity contribution in [1.29, 1.82) is 0 Å². The molecule has 0 radical (unpaired) electrons. The van der Waals surface area contributed by atoms with E-state index in [9.17, 15) is 20.0 Å². The van der Waals surface area contributed by atoms with Crippen LogP contribution in [0.25, 0.3) is 0 Å².